The fourth-order valence-electron chi connectivity index (χ4n) is 2.44. The highest BCUT2D eigenvalue weighted by Crippen LogP contribution is 2.34. The first-order valence-corrected chi connectivity index (χ1v) is 7.19. The van der Waals surface area contributed by atoms with Gasteiger partial charge in [-0.2, -0.15) is 0 Å². The van der Waals surface area contributed by atoms with Crippen molar-refractivity contribution in [2.24, 2.45) is 0 Å². The van der Waals surface area contributed by atoms with E-state index in [1.54, 1.807) is 4.90 Å². The molecule has 0 unspecified atom stereocenters. The molecule has 0 aromatic heterocycles. The summed E-state index contributed by atoms with van der Waals surface area (Å²) in [4.78, 5) is 14.3. The molecule has 2 aromatic carbocycles. The number of anilines is 2. The van der Waals surface area contributed by atoms with Gasteiger partial charge in [-0.1, -0.05) is 12.1 Å². The van der Waals surface area contributed by atoms with Crippen molar-refractivity contribution in [3.05, 3.63) is 57.2 Å². The van der Waals surface area contributed by atoms with Crippen LogP contribution in [0.2, 0.25) is 0 Å². The molecule has 1 aliphatic rings. The molecule has 0 saturated heterocycles. The van der Waals surface area contributed by atoms with Gasteiger partial charge in [-0.25, -0.2) is 0 Å². The predicted octanol–water partition coefficient (Wildman–Crippen LogP) is 3.08. The first kappa shape index (κ1) is 12.5. The second kappa shape index (κ2) is 4.85. The molecule has 0 saturated carbocycles. The fourth-order valence-corrected chi connectivity index (χ4v) is 2.80. The molecule has 0 bridgehead atoms. The zero-order valence-corrected chi connectivity index (χ0v) is 12.4. The molecule has 19 heavy (non-hydrogen) atoms. The van der Waals surface area contributed by atoms with Gasteiger partial charge in [0.15, 0.2) is 0 Å². The van der Waals surface area contributed by atoms with Crippen LogP contribution in [0, 0.1) is 3.57 Å². The standard InChI is InChI=1S/C15H13IN2O/c16-12-6-4-11(5-7-12)15(19)18-9-8-10-2-1-3-13(17)14(10)18/h1-7H,8-9,17H2. The van der Waals surface area contributed by atoms with Crippen LogP contribution in [0.1, 0.15) is 15.9 Å². The molecule has 3 rings (SSSR count). The van der Waals surface area contributed by atoms with Crippen LogP contribution >= 0.6 is 22.6 Å². The molecule has 0 aliphatic carbocycles. The van der Waals surface area contributed by atoms with Crippen molar-refractivity contribution < 1.29 is 4.79 Å². The third-order valence-corrected chi connectivity index (χ3v) is 4.08. The van der Waals surface area contributed by atoms with E-state index >= 15 is 0 Å². The topological polar surface area (TPSA) is 46.3 Å². The van der Waals surface area contributed by atoms with Gasteiger partial charge in [-0.05, 0) is 64.9 Å². The van der Waals surface area contributed by atoms with Crippen molar-refractivity contribution >= 4 is 39.9 Å². The molecule has 1 aliphatic heterocycles. The second-order valence-electron chi connectivity index (χ2n) is 4.57. The third kappa shape index (κ3) is 2.20. The number of halogens is 1. The number of hydrogen-bond acceptors (Lipinski definition) is 2. The van der Waals surface area contributed by atoms with E-state index in [9.17, 15) is 4.79 Å². The molecule has 3 nitrogen and oxygen atoms in total. The first-order chi connectivity index (χ1) is 9.16. The quantitative estimate of drug-likeness (QED) is 0.625. The zero-order chi connectivity index (χ0) is 13.4. The van der Waals surface area contributed by atoms with Crippen LogP contribution in [0.15, 0.2) is 42.5 Å². The number of fused-ring (bicyclic) bond motifs is 1. The Morgan fingerprint density at radius 3 is 2.63 bits per heavy atom. The number of nitrogens with zero attached hydrogens (tertiary/aromatic N) is 1. The van der Waals surface area contributed by atoms with E-state index in [-0.39, 0.29) is 5.91 Å². The number of para-hydroxylation sites is 1. The summed E-state index contributed by atoms with van der Waals surface area (Å²) in [6.07, 6.45) is 0.872. The van der Waals surface area contributed by atoms with Gasteiger partial charge >= 0.3 is 0 Å². The van der Waals surface area contributed by atoms with Gasteiger partial charge in [-0.3, -0.25) is 4.79 Å². The van der Waals surface area contributed by atoms with Crippen molar-refractivity contribution in [1.29, 1.82) is 0 Å². The van der Waals surface area contributed by atoms with Gasteiger partial charge in [0, 0.05) is 15.7 Å². The van der Waals surface area contributed by atoms with Crippen molar-refractivity contribution in [2.45, 2.75) is 6.42 Å². The average molecular weight is 364 g/mol. The average Bonchev–Trinajstić information content (AvgIpc) is 2.84. The summed E-state index contributed by atoms with van der Waals surface area (Å²) >= 11 is 2.23. The molecular weight excluding hydrogens is 351 g/mol. The Labute approximate surface area is 125 Å². The van der Waals surface area contributed by atoms with Gasteiger partial charge in [0.25, 0.3) is 5.91 Å². The van der Waals surface area contributed by atoms with E-state index in [4.69, 9.17) is 5.73 Å². The minimum atomic E-state index is 0.0213. The number of carbonyl (C=O) groups is 1. The Bertz CT molecular complexity index is 637. The van der Waals surface area contributed by atoms with E-state index < -0.39 is 0 Å². The summed E-state index contributed by atoms with van der Waals surface area (Å²) in [6.45, 7) is 0.703. The van der Waals surface area contributed by atoms with Crippen molar-refractivity contribution in [1.82, 2.24) is 0 Å². The van der Waals surface area contributed by atoms with Gasteiger partial charge in [0.05, 0.1) is 11.4 Å². The molecule has 1 amide bonds. The van der Waals surface area contributed by atoms with Crippen molar-refractivity contribution in [2.75, 3.05) is 17.2 Å². The minimum absolute atomic E-state index is 0.0213. The number of nitrogen functional groups attached to an aromatic ring is 1. The monoisotopic (exact) mass is 364 g/mol. The van der Waals surface area contributed by atoms with Crippen LogP contribution < -0.4 is 10.6 Å². The van der Waals surface area contributed by atoms with Crippen LogP contribution in [0.3, 0.4) is 0 Å². The summed E-state index contributed by atoms with van der Waals surface area (Å²) in [7, 11) is 0. The van der Waals surface area contributed by atoms with E-state index in [0.29, 0.717) is 17.8 Å². The highest BCUT2D eigenvalue weighted by Gasteiger charge is 2.27. The molecule has 0 radical (unpaired) electrons. The molecule has 4 heteroatoms. The first-order valence-electron chi connectivity index (χ1n) is 6.11. The number of rotatable bonds is 1. The van der Waals surface area contributed by atoms with Crippen LogP contribution in [0.5, 0.6) is 0 Å². The molecule has 2 N–H and O–H groups in total. The van der Waals surface area contributed by atoms with Gasteiger partial charge in [-0.15, -0.1) is 0 Å². The molecule has 0 spiro atoms. The van der Waals surface area contributed by atoms with E-state index in [1.165, 1.54) is 0 Å². The molecule has 0 atom stereocenters. The summed E-state index contributed by atoms with van der Waals surface area (Å²) in [5.74, 6) is 0.0213. The SMILES string of the molecule is Nc1cccc2c1N(C(=O)c1ccc(I)cc1)CC2. The van der Waals surface area contributed by atoms with E-state index in [0.717, 1.165) is 21.2 Å². The minimum Gasteiger partial charge on any atom is -0.397 e. The zero-order valence-electron chi connectivity index (χ0n) is 10.3. The fraction of sp³-hybridized carbons (Fsp3) is 0.133. The Morgan fingerprint density at radius 2 is 1.89 bits per heavy atom. The summed E-state index contributed by atoms with van der Waals surface area (Å²) < 4.78 is 1.12. The van der Waals surface area contributed by atoms with Gasteiger partial charge < -0.3 is 10.6 Å². The summed E-state index contributed by atoms with van der Waals surface area (Å²) in [5, 5.41) is 0. The summed E-state index contributed by atoms with van der Waals surface area (Å²) in [5.41, 5.74) is 9.42. The van der Waals surface area contributed by atoms with Gasteiger partial charge in [0.2, 0.25) is 0 Å². The number of amides is 1. The lowest BCUT2D eigenvalue weighted by Gasteiger charge is -2.19. The lowest BCUT2D eigenvalue weighted by Crippen LogP contribution is -2.29. The normalized spacial score (nSPS) is 13.4. The van der Waals surface area contributed by atoms with Crippen molar-refractivity contribution in [3.63, 3.8) is 0 Å². The maximum absolute atomic E-state index is 12.5. The van der Waals surface area contributed by atoms with E-state index in [1.807, 2.05) is 42.5 Å². The van der Waals surface area contributed by atoms with Crippen molar-refractivity contribution in [3.8, 4) is 0 Å². The highest BCUT2D eigenvalue weighted by molar-refractivity contribution is 14.1. The van der Waals surface area contributed by atoms with Crippen LogP contribution in [0.4, 0.5) is 11.4 Å². The molecule has 1 heterocycles. The lowest BCUT2D eigenvalue weighted by atomic mass is 10.1. The maximum Gasteiger partial charge on any atom is 0.258 e. The number of benzene rings is 2. The highest BCUT2D eigenvalue weighted by atomic mass is 127. The third-order valence-electron chi connectivity index (χ3n) is 3.36. The molecule has 2 aromatic rings. The maximum atomic E-state index is 12.5. The molecule has 0 fully saturated rings. The number of hydrogen-bond donors (Lipinski definition) is 1. The smallest absolute Gasteiger partial charge is 0.258 e. The van der Waals surface area contributed by atoms with E-state index in [2.05, 4.69) is 22.6 Å². The van der Waals surface area contributed by atoms with Crippen LogP contribution in [0.25, 0.3) is 0 Å². The molecule has 96 valence electrons. The Balaban J connectivity index is 1.98. The molecular formula is C15H13IN2O. The lowest BCUT2D eigenvalue weighted by molar-refractivity contribution is 0.0989. The second-order valence-corrected chi connectivity index (χ2v) is 5.81. The van der Waals surface area contributed by atoms with Crippen LogP contribution in [-0.4, -0.2) is 12.5 Å². The number of nitrogens with two attached hydrogens (primary N) is 1. The summed E-state index contributed by atoms with van der Waals surface area (Å²) in [6, 6.07) is 13.4. The number of carbonyl (C=O) groups excluding carboxylic acids is 1. The van der Waals surface area contributed by atoms with Gasteiger partial charge in [0.1, 0.15) is 0 Å². The Morgan fingerprint density at radius 1 is 1.16 bits per heavy atom. The largest absolute Gasteiger partial charge is 0.397 e. The predicted molar refractivity (Wildman–Crippen MR) is 85.4 cm³/mol. The Hall–Kier alpha value is -1.56. The van der Waals surface area contributed by atoms with Crippen LogP contribution in [-0.2, 0) is 6.42 Å². The Kier molecular flexibility index (Phi) is 3.18.